The summed E-state index contributed by atoms with van der Waals surface area (Å²) in [6.07, 6.45) is 0.857. The predicted molar refractivity (Wildman–Crippen MR) is 82.4 cm³/mol. The first-order valence-corrected chi connectivity index (χ1v) is 7.22. The summed E-state index contributed by atoms with van der Waals surface area (Å²) in [6, 6.07) is 9.24. The summed E-state index contributed by atoms with van der Waals surface area (Å²) in [5.74, 6) is 0.554. The lowest BCUT2D eigenvalue weighted by Crippen LogP contribution is -2.21. The van der Waals surface area contributed by atoms with E-state index in [0.29, 0.717) is 23.6 Å². The summed E-state index contributed by atoms with van der Waals surface area (Å²) >= 11 is 1.71. The number of carbonyl (C=O) groups excluding carboxylic acids is 1. The molecular weight excluding hydrogens is 272 g/mol. The van der Waals surface area contributed by atoms with Crippen LogP contribution in [-0.4, -0.2) is 31.5 Å². The molecule has 4 nitrogen and oxygen atoms in total. The largest absolute Gasteiger partial charge is 0.491 e. The number of thiophene rings is 1. The fourth-order valence-electron chi connectivity index (χ4n) is 1.79. The molecule has 2 rings (SSSR count). The van der Waals surface area contributed by atoms with E-state index in [2.05, 4.69) is 6.07 Å². The second-order valence-corrected chi connectivity index (χ2v) is 5.66. The van der Waals surface area contributed by atoms with Gasteiger partial charge in [0, 0.05) is 31.0 Å². The zero-order valence-electron chi connectivity index (χ0n) is 11.6. The van der Waals surface area contributed by atoms with Crippen LogP contribution in [0.4, 0.5) is 5.69 Å². The predicted octanol–water partition coefficient (Wildman–Crippen LogP) is 2.65. The van der Waals surface area contributed by atoms with E-state index in [-0.39, 0.29) is 5.91 Å². The fourth-order valence-corrected chi connectivity index (χ4v) is 2.48. The maximum Gasteiger partial charge on any atom is 0.253 e. The van der Waals surface area contributed by atoms with E-state index < -0.39 is 0 Å². The number of rotatable bonds is 5. The van der Waals surface area contributed by atoms with Crippen molar-refractivity contribution in [3.63, 3.8) is 0 Å². The van der Waals surface area contributed by atoms with E-state index in [1.807, 2.05) is 11.4 Å². The molecule has 0 aliphatic carbocycles. The third-order valence-corrected chi connectivity index (χ3v) is 3.79. The molecular formula is C15H18N2O2S. The zero-order valence-corrected chi connectivity index (χ0v) is 12.4. The number of benzene rings is 1. The first-order valence-electron chi connectivity index (χ1n) is 6.34. The van der Waals surface area contributed by atoms with E-state index in [1.165, 1.54) is 9.78 Å². The van der Waals surface area contributed by atoms with Gasteiger partial charge in [0.1, 0.15) is 5.75 Å². The van der Waals surface area contributed by atoms with Crippen molar-refractivity contribution < 1.29 is 9.53 Å². The number of hydrogen-bond donors (Lipinski definition) is 1. The van der Waals surface area contributed by atoms with Gasteiger partial charge in [-0.1, -0.05) is 6.07 Å². The third-order valence-electron chi connectivity index (χ3n) is 2.85. The van der Waals surface area contributed by atoms with Gasteiger partial charge < -0.3 is 15.4 Å². The molecule has 2 N–H and O–H groups in total. The summed E-state index contributed by atoms with van der Waals surface area (Å²) in [5.41, 5.74) is 6.98. The molecule has 5 heteroatoms. The van der Waals surface area contributed by atoms with Gasteiger partial charge in [-0.3, -0.25) is 4.79 Å². The van der Waals surface area contributed by atoms with Gasteiger partial charge >= 0.3 is 0 Å². The molecule has 1 heterocycles. The highest BCUT2D eigenvalue weighted by Crippen LogP contribution is 2.23. The Hall–Kier alpha value is -2.01. The van der Waals surface area contributed by atoms with Crippen LogP contribution in [0.1, 0.15) is 15.2 Å². The van der Waals surface area contributed by atoms with Gasteiger partial charge in [0.25, 0.3) is 5.91 Å². The van der Waals surface area contributed by atoms with Crippen molar-refractivity contribution in [2.45, 2.75) is 6.42 Å². The van der Waals surface area contributed by atoms with Crippen LogP contribution in [0.25, 0.3) is 0 Å². The fraction of sp³-hybridized carbons (Fsp3) is 0.267. The number of nitrogens with two attached hydrogens (primary N) is 1. The highest BCUT2D eigenvalue weighted by Gasteiger charge is 2.10. The third kappa shape index (κ3) is 3.51. The normalized spacial score (nSPS) is 10.3. The highest BCUT2D eigenvalue weighted by atomic mass is 32.1. The summed E-state index contributed by atoms with van der Waals surface area (Å²) in [7, 11) is 3.42. The number of amides is 1. The van der Waals surface area contributed by atoms with Crippen molar-refractivity contribution in [3.8, 4) is 5.75 Å². The molecule has 0 aliphatic heterocycles. The quantitative estimate of drug-likeness (QED) is 0.861. The van der Waals surface area contributed by atoms with E-state index >= 15 is 0 Å². The number of anilines is 1. The molecule has 0 radical (unpaired) electrons. The van der Waals surface area contributed by atoms with Gasteiger partial charge in [-0.2, -0.15) is 0 Å². The minimum atomic E-state index is -0.0677. The molecule has 0 atom stereocenters. The van der Waals surface area contributed by atoms with Crippen LogP contribution in [0, 0.1) is 0 Å². The summed E-state index contributed by atoms with van der Waals surface area (Å²) in [6.45, 7) is 0.575. The number of ether oxygens (including phenoxy) is 1. The Balaban J connectivity index is 1.97. The second kappa shape index (κ2) is 6.43. The Bertz CT molecular complexity index is 580. The van der Waals surface area contributed by atoms with Gasteiger partial charge in [-0.15, -0.1) is 11.3 Å². The lowest BCUT2D eigenvalue weighted by atomic mass is 10.1. The van der Waals surface area contributed by atoms with E-state index in [9.17, 15) is 4.79 Å². The van der Waals surface area contributed by atoms with E-state index in [4.69, 9.17) is 10.5 Å². The molecule has 1 aromatic heterocycles. The average Bonchev–Trinajstić information content (AvgIpc) is 2.92. The molecule has 0 saturated heterocycles. The maximum atomic E-state index is 11.8. The minimum absolute atomic E-state index is 0.0677. The number of hydrogen-bond acceptors (Lipinski definition) is 4. The van der Waals surface area contributed by atoms with Crippen LogP contribution >= 0.6 is 11.3 Å². The van der Waals surface area contributed by atoms with Crippen molar-refractivity contribution in [1.29, 1.82) is 0 Å². The monoisotopic (exact) mass is 290 g/mol. The standard InChI is InChI=1S/C15H18N2O2S/c1-17(2)15(18)11-5-6-14(13(16)10-11)19-8-7-12-4-3-9-20-12/h3-6,9-10H,7-8,16H2,1-2H3. The lowest BCUT2D eigenvalue weighted by Gasteiger charge is -2.13. The number of nitrogens with zero attached hydrogens (tertiary/aromatic N) is 1. The Labute approximate surface area is 122 Å². The van der Waals surface area contributed by atoms with Crippen molar-refractivity contribution in [2.75, 3.05) is 26.4 Å². The first kappa shape index (κ1) is 14.4. The van der Waals surface area contributed by atoms with Crippen molar-refractivity contribution in [2.24, 2.45) is 0 Å². The smallest absolute Gasteiger partial charge is 0.253 e. The van der Waals surface area contributed by atoms with E-state index in [1.54, 1.807) is 43.6 Å². The van der Waals surface area contributed by atoms with Gasteiger partial charge in [-0.25, -0.2) is 0 Å². The van der Waals surface area contributed by atoms with Crippen molar-refractivity contribution in [1.82, 2.24) is 4.90 Å². The minimum Gasteiger partial charge on any atom is -0.491 e. The maximum absolute atomic E-state index is 11.8. The molecule has 0 unspecified atom stereocenters. The van der Waals surface area contributed by atoms with Crippen LogP contribution in [0.15, 0.2) is 35.7 Å². The molecule has 0 fully saturated rings. The Kier molecular flexibility index (Phi) is 4.63. The van der Waals surface area contributed by atoms with Crippen molar-refractivity contribution in [3.05, 3.63) is 46.2 Å². The van der Waals surface area contributed by atoms with Crippen molar-refractivity contribution >= 4 is 22.9 Å². The Morgan fingerprint density at radius 1 is 1.35 bits per heavy atom. The topological polar surface area (TPSA) is 55.6 Å². The molecule has 1 amide bonds. The molecule has 2 aromatic rings. The molecule has 0 bridgehead atoms. The van der Waals surface area contributed by atoms with Crippen LogP contribution in [0.5, 0.6) is 5.75 Å². The molecule has 106 valence electrons. The second-order valence-electron chi connectivity index (χ2n) is 4.63. The van der Waals surface area contributed by atoms with Gasteiger partial charge in [0.05, 0.1) is 12.3 Å². The van der Waals surface area contributed by atoms with Crippen LogP contribution < -0.4 is 10.5 Å². The van der Waals surface area contributed by atoms with E-state index in [0.717, 1.165) is 6.42 Å². The van der Waals surface area contributed by atoms with Gasteiger partial charge in [0.2, 0.25) is 0 Å². The van der Waals surface area contributed by atoms with Crippen LogP contribution in [-0.2, 0) is 6.42 Å². The Morgan fingerprint density at radius 3 is 2.75 bits per heavy atom. The molecule has 1 aromatic carbocycles. The Morgan fingerprint density at radius 2 is 2.15 bits per heavy atom. The first-order chi connectivity index (χ1) is 9.58. The van der Waals surface area contributed by atoms with Crippen LogP contribution in [0.3, 0.4) is 0 Å². The average molecular weight is 290 g/mol. The molecule has 0 saturated carbocycles. The lowest BCUT2D eigenvalue weighted by molar-refractivity contribution is 0.0827. The van der Waals surface area contributed by atoms with Crippen LogP contribution in [0.2, 0.25) is 0 Å². The van der Waals surface area contributed by atoms with Gasteiger partial charge in [0.15, 0.2) is 0 Å². The SMILES string of the molecule is CN(C)C(=O)c1ccc(OCCc2cccs2)c(N)c1. The summed E-state index contributed by atoms with van der Waals surface area (Å²) in [4.78, 5) is 14.6. The molecule has 0 spiro atoms. The zero-order chi connectivity index (χ0) is 14.5. The molecule has 20 heavy (non-hydrogen) atoms. The summed E-state index contributed by atoms with van der Waals surface area (Å²) in [5, 5.41) is 2.05. The number of nitrogen functional groups attached to an aromatic ring is 1. The highest BCUT2D eigenvalue weighted by molar-refractivity contribution is 7.09. The number of carbonyl (C=O) groups is 1. The summed E-state index contributed by atoms with van der Waals surface area (Å²) < 4.78 is 5.66. The van der Waals surface area contributed by atoms with Gasteiger partial charge in [-0.05, 0) is 29.6 Å². The molecule has 0 aliphatic rings.